The van der Waals surface area contributed by atoms with Crippen LogP contribution >= 0.6 is 23.4 Å². The number of amides is 3. The molecular formula is C30H25ClN4O4S. The molecule has 0 fully saturated rings. The number of rotatable bonds is 10. The Labute approximate surface area is 240 Å². The average molecular weight is 573 g/mol. The molecule has 0 unspecified atom stereocenters. The topological polar surface area (TPSA) is 109 Å². The van der Waals surface area contributed by atoms with E-state index in [0.717, 1.165) is 4.90 Å². The number of halogens is 1. The Balaban J connectivity index is 1.45. The molecule has 4 aromatic rings. The molecule has 1 aromatic heterocycles. The first-order valence-electron chi connectivity index (χ1n) is 12.1. The molecule has 0 saturated heterocycles. The van der Waals surface area contributed by atoms with E-state index >= 15 is 0 Å². The van der Waals surface area contributed by atoms with Crippen LogP contribution in [0.4, 0.5) is 11.5 Å². The van der Waals surface area contributed by atoms with Gasteiger partial charge in [0.25, 0.3) is 11.8 Å². The number of thioether (sulfide) groups is 1. The third-order valence-corrected chi connectivity index (χ3v) is 6.63. The van der Waals surface area contributed by atoms with Crippen molar-refractivity contribution in [2.75, 3.05) is 23.5 Å². The first-order valence-corrected chi connectivity index (χ1v) is 13.4. The van der Waals surface area contributed by atoms with E-state index in [1.807, 2.05) is 6.07 Å². The third kappa shape index (κ3) is 8.45. The Bertz CT molecular complexity index is 1510. The van der Waals surface area contributed by atoms with E-state index < -0.39 is 11.8 Å². The fraction of sp³-hybridized carbons (Fsp3) is 0.0667. The molecule has 0 aliphatic heterocycles. The van der Waals surface area contributed by atoms with E-state index in [1.165, 1.54) is 18.0 Å². The molecule has 0 saturated carbocycles. The van der Waals surface area contributed by atoms with Gasteiger partial charge >= 0.3 is 0 Å². The highest BCUT2D eigenvalue weighted by Crippen LogP contribution is 2.23. The normalized spacial score (nSPS) is 10.9. The lowest BCUT2D eigenvalue weighted by Crippen LogP contribution is -2.30. The van der Waals surface area contributed by atoms with Crippen molar-refractivity contribution in [3.05, 3.63) is 119 Å². The minimum atomic E-state index is -0.506. The predicted octanol–water partition coefficient (Wildman–Crippen LogP) is 5.88. The molecule has 0 spiro atoms. The molecule has 202 valence electrons. The summed E-state index contributed by atoms with van der Waals surface area (Å²) in [5, 5.41) is 8.74. The maximum Gasteiger partial charge on any atom is 0.272 e. The number of benzene rings is 3. The Morgan fingerprint density at radius 3 is 2.40 bits per heavy atom. The van der Waals surface area contributed by atoms with E-state index in [0.29, 0.717) is 33.4 Å². The average Bonchev–Trinajstić information content (AvgIpc) is 2.98. The maximum atomic E-state index is 13.3. The highest BCUT2D eigenvalue weighted by atomic mass is 35.5. The number of pyridine rings is 1. The van der Waals surface area contributed by atoms with Gasteiger partial charge in [0.05, 0.1) is 17.9 Å². The van der Waals surface area contributed by atoms with Crippen LogP contribution in [-0.2, 0) is 9.59 Å². The maximum absolute atomic E-state index is 13.3. The van der Waals surface area contributed by atoms with Gasteiger partial charge in [-0.3, -0.25) is 14.4 Å². The van der Waals surface area contributed by atoms with Gasteiger partial charge in [0.1, 0.15) is 17.3 Å². The van der Waals surface area contributed by atoms with Crippen LogP contribution in [0.25, 0.3) is 6.08 Å². The molecule has 3 amide bonds. The minimum Gasteiger partial charge on any atom is -0.497 e. The number of hydrogen-bond donors (Lipinski definition) is 3. The number of ether oxygens (including phenoxy) is 1. The van der Waals surface area contributed by atoms with Crippen molar-refractivity contribution in [2.24, 2.45) is 0 Å². The summed E-state index contributed by atoms with van der Waals surface area (Å²) < 4.78 is 5.20. The summed E-state index contributed by atoms with van der Waals surface area (Å²) in [4.78, 5) is 43.3. The van der Waals surface area contributed by atoms with Crippen molar-refractivity contribution >= 4 is 58.7 Å². The van der Waals surface area contributed by atoms with Gasteiger partial charge in [0.15, 0.2) is 0 Å². The second-order valence-electron chi connectivity index (χ2n) is 8.33. The summed E-state index contributed by atoms with van der Waals surface area (Å²) in [6.07, 6.45) is 3.04. The fourth-order valence-corrected chi connectivity index (χ4v) is 4.32. The van der Waals surface area contributed by atoms with Crippen LogP contribution in [0.3, 0.4) is 0 Å². The minimum absolute atomic E-state index is 0.0620. The van der Waals surface area contributed by atoms with E-state index in [9.17, 15) is 14.4 Å². The van der Waals surface area contributed by atoms with Crippen LogP contribution in [0.15, 0.2) is 108 Å². The Kier molecular flexibility index (Phi) is 9.93. The molecule has 8 nitrogen and oxygen atoms in total. The van der Waals surface area contributed by atoms with Crippen LogP contribution in [0, 0.1) is 0 Å². The smallest absolute Gasteiger partial charge is 0.272 e. The summed E-state index contributed by atoms with van der Waals surface area (Å²) in [7, 11) is 1.57. The molecule has 4 rings (SSSR count). The summed E-state index contributed by atoms with van der Waals surface area (Å²) in [5.41, 5.74) is 1.68. The van der Waals surface area contributed by atoms with Gasteiger partial charge < -0.3 is 20.7 Å². The molecule has 1 heterocycles. The highest BCUT2D eigenvalue weighted by molar-refractivity contribution is 8.00. The Morgan fingerprint density at radius 2 is 1.70 bits per heavy atom. The number of anilines is 2. The van der Waals surface area contributed by atoms with Crippen molar-refractivity contribution in [3.8, 4) is 5.75 Å². The van der Waals surface area contributed by atoms with Crippen LogP contribution in [0.1, 0.15) is 15.9 Å². The lowest BCUT2D eigenvalue weighted by atomic mass is 10.1. The van der Waals surface area contributed by atoms with E-state index in [2.05, 4.69) is 20.9 Å². The third-order valence-electron chi connectivity index (χ3n) is 5.41. The highest BCUT2D eigenvalue weighted by Gasteiger charge is 2.15. The number of aromatic nitrogens is 1. The monoisotopic (exact) mass is 572 g/mol. The van der Waals surface area contributed by atoms with E-state index in [1.54, 1.807) is 98.1 Å². The first kappa shape index (κ1) is 28.4. The van der Waals surface area contributed by atoms with Gasteiger partial charge in [-0.1, -0.05) is 48.0 Å². The van der Waals surface area contributed by atoms with Crippen LogP contribution in [-0.4, -0.2) is 35.6 Å². The van der Waals surface area contributed by atoms with Crippen LogP contribution < -0.4 is 20.7 Å². The lowest BCUT2D eigenvalue weighted by molar-refractivity contribution is -0.114. The molecule has 3 aromatic carbocycles. The van der Waals surface area contributed by atoms with Gasteiger partial charge in [0, 0.05) is 22.3 Å². The van der Waals surface area contributed by atoms with Crippen LogP contribution in [0.2, 0.25) is 5.02 Å². The zero-order chi connectivity index (χ0) is 28.3. The fourth-order valence-electron chi connectivity index (χ4n) is 3.45. The zero-order valence-electron chi connectivity index (χ0n) is 21.4. The molecule has 0 aliphatic rings. The van der Waals surface area contributed by atoms with Gasteiger partial charge in [0.2, 0.25) is 5.91 Å². The van der Waals surface area contributed by atoms with Gasteiger partial charge in [-0.15, -0.1) is 11.8 Å². The molecular weight excluding hydrogens is 548 g/mol. The second kappa shape index (κ2) is 14.0. The van der Waals surface area contributed by atoms with Crippen molar-refractivity contribution in [3.63, 3.8) is 0 Å². The van der Waals surface area contributed by atoms with Crippen molar-refractivity contribution < 1.29 is 19.1 Å². The quantitative estimate of drug-likeness (QED) is 0.162. The Morgan fingerprint density at radius 1 is 0.925 bits per heavy atom. The summed E-state index contributed by atoms with van der Waals surface area (Å²) >= 11 is 7.13. The largest absolute Gasteiger partial charge is 0.497 e. The van der Waals surface area contributed by atoms with Crippen molar-refractivity contribution in [2.45, 2.75) is 4.90 Å². The summed E-state index contributed by atoms with van der Waals surface area (Å²) in [6, 6.07) is 26.1. The van der Waals surface area contributed by atoms with Gasteiger partial charge in [-0.05, 0) is 66.2 Å². The first-order chi connectivity index (χ1) is 19.4. The number of carbonyl (C=O) groups is 3. The summed E-state index contributed by atoms with van der Waals surface area (Å²) in [6.45, 7) is 0. The summed E-state index contributed by atoms with van der Waals surface area (Å²) in [5.74, 6) is 0.0586. The molecule has 10 heteroatoms. The predicted molar refractivity (Wildman–Crippen MR) is 159 cm³/mol. The zero-order valence-corrected chi connectivity index (χ0v) is 23.0. The molecule has 40 heavy (non-hydrogen) atoms. The SMILES string of the molecule is COc1ccc(/C=C(/NC(=O)c2ccccc2)C(=O)Nc2cccc(SCC(=O)Nc3ccc(Cl)cn3)c2)cc1. The number of carbonyl (C=O) groups excluding carboxylic acids is 3. The van der Waals surface area contributed by atoms with Crippen LogP contribution in [0.5, 0.6) is 5.75 Å². The van der Waals surface area contributed by atoms with E-state index in [4.69, 9.17) is 16.3 Å². The number of methoxy groups -OCH3 is 1. The molecule has 0 aliphatic carbocycles. The number of nitrogens with zero attached hydrogens (tertiary/aromatic N) is 1. The molecule has 3 N–H and O–H groups in total. The van der Waals surface area contributed by atoms with Crippen molar-refractivity contribution in [1.29, 1.82) is 0 Å². The van der Waals surface area contributed by atoms with E-state index in [-0.39, 0.29) is 17.4 Å². The number of hydrogen-bond acceptors (Lipinski definition) is 6. The number of nitrogens with one attached hydrogen (secondary N) is 3. The molecule has 0 atom stereocenters. The lowest BCUT2D eigenvalue weighted by Gasteiger charge is -2.12. The van der Waals surface area contributed by atoms with Gasteiger partial charge in [-0.2, -0.15) is 0 Å². The molecule has 0 radical (unpaired) electrons. The molecule has 0 bridgehead atoms. The van der Waals surface area contributed by atoms with Gasteiger partial charge in [-0.25, -0.2) is 4.98 Å². The Hall–Kier alpha value is -4.60. The van der Waals surface area contributed by atoms with Crippen molar-refractivity contribution in [1.82, 2.24) is 10.3 Å². The second-order valence-corrected chi connectivity index (χ2v) is 9.82. The standard InChI is InChI=1S/C30H25ClN4O4S/c1-39-24-13-10-20(11-14-24)16-26(34-29(37)21-6-3-2-4-7-21)30(38)33-23-8-5-9-25(17-23)40-19-28(36)35-27-15-12-22(31)18-32-27/h2-18H,19H2,1H3,(H,33,38)(H,34,37)(H,32,35,36)/b26-16+.